The maximum absolute atomic E-state index is 11.0. The van der Waals surface area contributed by atoms with Gasteiger partial charge in [0.25, 0.3) is 0 Å². The summed E-state index contributed by atoms with van der Waals surface area (Å²) in [7, 11) is 2.08. The zero-order valence-corrected chi connectivity index (χ0v) is 11.6. The Hall–Kier alpha value is -1.55. The van der Waals surface area contributed by atoms with Gasteiger partial charge in [0.05, 0.1) is 0 Å². The van der Waals surface area contributed by atoms with Crippen molar-refractivity contribution in [2.45, 2.75) is 33.4 Å². The van der Waals surface area contributed by atoms with Crippen LogP contribution in [0.5, 0.6) is 0 Å². The van der Waals surface area contributed by atoms with Crippen LogP contribution in [0.25, 0.3) is 0 Å². The standard InChI is InChI=1S/C14H23N3O/c1-9(2)10(3)17(4)8-12-6-5-11(14(16)18)7-13(12)15/h5-7,9-10H,8,15H2,1-4H3,(H2,16,18). The molecule has 0 heterocycles. The van der Waals surface area contributed by atoms with Gasteiger partial charge in [-0.25, -0.2) is 0 Å². The van der Waals surface area contributed by atoms with Gasteiger partial charge in [-0.15, -0.1) is 0 Å². The molecule has 0 saturated carbocycles. The highest BCUT2D eigenvalue weighted by atomic mass is 16.1. The molecule has 1 unspecified atom stereocenters. The minimum Gasteiger partial charge on any atom is -0.398 e. The highest BCUT2D eigenvalue weighted by Gasteiger charge is 2.14. The van der Waals surface area contributed by atoms with Crippen molar-refractivity contribution in [2.24, 2.45) is 11.7 Å². The van der Waals surface area contributed by atoms with Crippen LogP contribution >= 0.6 is 0 Å². The lowest BCUT2D eigenvalue weighted by atomic mass is 10.0. The molecule has 0 aliphatic heterocycles. The van der Waals surface area contributed by atoms with Crippen molar-refractivity contribution in [1.29, 1.82) is 0 Å². The van der Waals surface area contributed by atoms with Gasteiger partial charge in [0.2, 0.25) is 5.91 Å². The smallest absolute Gasteiger partial charge is 0.248 e. The van der Waals surface area contributed by atoms with Gasteiger partial charge >= 0.3 is 0 Å². The second-order valence-corrected chi connectivity index (χ2v) is 5.18. The summed E-state index contributed by atoms with van der Waals surface area (Å²) >= 11 is 0. The molecule has 0 radical (unpaired) electrons. The zero-order valence-electron chi connectivity index (χ0n) is 11.6. The summed E-state index contributed by atoms with van der Waals surface area (Å²) in [4.78, 5) is 13.3. The Balaban J connectivity index is 2.83. The van der Waals surface area contributed by atoms with Crippen LogP contribution in [0.15, 0.2) is 18.2 Å². The summed E-state index contributed by atoms with van der Waals surface area (Å²) in [5.74, 6) is 0.137. The van der Waals surface area contributed by atoms with Crippen LogP contribution in [-0.2, 0) is 6.54 Å². The first-order chi connectivity index (χ1) is 8.32. The molecule has 1 atom stereocenters. The summed E-state index contributed by atoms with van der Waals surface area (Å²) in [6, 6.07) is 5.71. The number of rotatable bonds is 5. The average molecular weight is 249 g/mol. The van der Waals surface area contributed by atoms with Crippen molar-refractivity contribution in [3.63, 3.8) is 0 Å². The van der Waals surface area contributed by atoms with E-state index in [1.165, 1.54) is 0 Å². The lowest BCUT2D eigenvalue weighted by molar-refractivity contribution is 0.100. The second kappa shape index (κ2) is 5.87. The third-order valence-corrected chi connectivity index (χ3v) is 3.51. The number of carbonyl (C=O) groups is 1. The Morgan fingerprint density at radius 3 is 2.39 bits per heavy atom. The highest BCUT2D eigenvalue weighted by molar-refractivity contribution is 5.93. The molecule has 0 aromatic heterocycles. The highest BCUT2D eigenvalue weighted by Crippen LogP contribution is 2.18. The Morgan fingerprint density at radius 2 is 1.94 bits per heavy atom. The van der Waals surface area contributed by atoms with Gasteiger partial charge in [0, 0.05) is 23.8 Å². The molecule has 4 heteroatoms. The number of benzene rings is 1. The number of carbonyl (C=O) groups excluding carboxylic acids is 1. The molecule has 0 spiro atoms. The monoisotopic (exact) mass is 249 g/mol. The molecule has 0 fully saturated rings. The van der Waals surface area contributed by atoms with Gasteiger partial charge in [-0.05, 0) is 37.6 Å². The van der Waals surface area contributed by atoms with Crippen molar-refractivity contribution >= 4 is 11.6 Å². The van der Waals surface area contributed by atoms with Crippen molar-refractivity contribution < 1.29 is 4.79 Å². The summed E-state index contributed by atoms with van der Waals surface area (Å²) in [6.45, 7) is 7.35. The number of hydrogen-bond acceptors (Lipinski definition) is 3. The fraction of sp³-hybridized carbons (Fsp3) is 0.500. The van der Waals surface area contributed by atoms with E-state index < -0.39 is 5.91 Å². The van der Waals surface area contributed by atoms with Gasteiger partial charge < -0.3 is 11.5 Å². The van der Waals surface area contributed by atoms with Gasteiger partial charge in [-0.1, -0.05) is 19.9 Å². The molecule has 0 aliphatic carbocycles. The van der Waals surface area contributed by atoms with Crippen LogP contribution in [-0.4, -0.2) is 23.9 Å². The number of hydrogen-bond donors (Lipinski definition) is 2. The van der Waals surface area contributed by atoms with E-state index in [-0.39, 0.29) is 0 Å². The minimum atomic E-state index is -0.447. The molecular weight excluding hydrogens is 226 g/mol. The molecule has 1 amide bonds. The number of amides is 1. The first kappa shape index (κ1) is 14.5. The maximum Gasteiger partial charge on any atom is 0.248 e. The van der Waals surface area contributed by atoms with Gasteiger partial charge in [-0.2, -0.15) is 0 Å². The predicted molar refractivity (Wildman–Crippen MR) is 75.1 cm³/mol. The summed E-state index contributed by atoms with van der Waals surface area (Å²) in [6.07, 6.45) is 0. The lowest BCUT2D eigenvalue weighted by Crippen LogP contribution is -2.32. The predicted octanol–water partition coefficient (Wildman–Crippen LogP) is 1.84. The molecule has 0 saturated heterocycles. The first-order valence-corrected chi connectivity index (χ1v) is 6.21. The van der Waals surface area contributed by atoms with Crippen molar-refractivity contribution in [3.05, 3.63) is 29.3 Å². The Kier molecular flexibility index (Phi) is 4.73. The van der Waals surface area contributed by atoms with Gasteiger partial charge in [0.15, 0.2) is 0 Å². The Labute approximate surface area is 109 Å². The van der Waals surface area contributed by atoms with Crippen LogP contribution in [0.2, 0.25) is 0 Å². The third-order valence-electron chi connectivity index (χ3n) is 3.51. The molecule has 4 nitrogen and oxygen atoms in total. The summed E-state index contributed by atoms with van der Waals surface area (Å²) in [5, 5.41) is 0. The molecule has 18 heavy (non-hydrogen) atoms. The first-order valence-electron chi connectivity index (χ1n) is 6.21. The molecule has 4 N–H and O–H groups in total. The van der Waals surface area contributed by atoms with E-state index in [0.717, 1.165) is 12.1 Å². The van der Waals surface area contributed by atoms with Crippen LogP contribution in [0, 0.1) is 5.92 Å². The van der Waals surface area contributed by atoms with E-state index in [1.807, 2.05) is 6.07 Å². The van der Waals surface area contributed by atoms with Gasteiger partial charge in [0.1, 0.15) is 0 Å². The lowest BCUT2D eigenvalue weighted by Gasteiger charge is -2.28. The molecule has 100 valence electrons. The zero-order chi connectivity index (χ0) is 13.9. The van der Waals surface area contributed by atoms with E-state index in [1.54, 1.807) is 12.1 Å². The number of nitrogen functional groups attached to an aromatic ring is 1. The normalized spacial score (nSPS) is 13.0. The van der Waals surface area contributed by atoms with Crippen LogP contribution in [0.4, 0.5) is 5.69 Å². The molecule has 1 aromatic carbocycles. The molecule has 0 bridgehead atoms. The van der Waals surface area contributed by atoms with Crippen LogP contribution < -0.4 is 11.5 Å². The fourth-order valence-electron chi connectivity index (χ4n) is 1.81. The van der Waals surface area contributed by atoms with Crippen molar-refractivity contribution in [1.82, 2.24) is 4.90 Å². The minimum absolute atomic E-state index is 0.447. The molecule has 1 aromatic rings. The Morgan fingerprint density at radius 1 is 1.33 bits per heavy atom. The van der Waals surface area contributed by atoms with E-state index in [9.17, 15) is 4.79 Å². The van der Waals surface area contributed by atoms with E-state index in [2.05, 4.69) is 32.7 Å². The van der Waals surface area contributed by atoms with Crippen LogP contribution in [0.1, 0.15) is 36.7 Å². The fourth-order valence-corrected chi connectivity index (χ4v) is 1.81. The van der Waals surface area contributed by atoms with E-state index in [4.69, 9.17) is 11.5 Å². The van der Waals surface area contributed by atoms with E-state index in [0.29, 0.717) is 23.2 Å². The number of nitrogens with two attached hydrogens (primary N) is 2. The molecule has 1 rings (SSSR count). The summed E-state index contributed by atoms with van der Waals surface area (Å²) in [5.41, 5.74) is 13.3. The van der Waals surface area contributed by atoms with Crippen molar-refractivity contribution in [3.8, 4) is 0 Å². The van der Waals surface area contributed by atoms with E-state index >= 15 is 0 Å². The van der Waals surface area contributed by atoms with Crippen LogP contribution in [0.3, 0.4) is 0 Å². The van der Waals surface area contributed by atoms with Gasteiger partial charge in [-0.3, -0.25) is 9.69 Å². The SMILES string of the molecule is CC(C)C(C)N(C)Cc1ccc(C(N)=O)cc1N. The molecular formula is C14H23N3O. The average Bonchev–Trinajstić information content (AvgIpc) is 2.30. The number of nitrogens with zero attached hydrogens (tertiary/aromatic N) is 1. The third kappa shape index (κ3) is 3.47. The largest absolute Gasteiger partial charge is 0.398 e. The maximum atomic E-state index is 11.0. The topological polar surface area (TPSA) is 72.3 Å². The number of primary amides is 1. The molecule has 0 aliphatic rings. The quantitative estimate of drug-likeness (QED) is 0.782. The Bertz CT molecular complexity index is 429. The number of anilines is 1. The summed E-state index contributed by atoms with van der Waals surface area (Å²) < 4.78 is 0. The van der Waals surface area contributed by atoms with Crippen molar-refractivity contribution in [2.75, 3.05) is 12.8 Å². The second-order valence-electron chi connectivity index (χ2n) is 5.18.